The van der Waals surface area contributed by atoms with Gasteiger partial charge in [-0.3, -0.25) is 9.69 Å². The summed E-state index contributed by atoms with van der Waals surface area (Å²) < 4.78 is 0. The van der Waals surface area contributed by atoms with E-state index in [2.05, 4.69) is 50.2 Å². The molecule has 3 atom stereocenters. The van der Waals surface area contributed by atoms with Crippen molar-refractivity contribution in [2.75, 3.05) is 19.6 Å². The van der Waals surface area contributed by atoms with Crippen molar-refractivity contribution in [3.63, 3.8) is 0 Å². The fraction of sp³-hybridized carbons (Fsp3) is 0.923. The summed E-state index contributed by atoms with van der Waals surface area (Å²) in [6.07, 6.45) is 0. The second-order valence-electron chi connectivity index (χ2n) is 5.76. The first-order valence-electron chi connectivity index (χ1n) is 6.66. The Balaban J connectivity index is 0.00000289. The van der Waals surface area contributed by atoms with Gasteiger partial charge in [0.25, 0.3) is 0 Å². The second kappa shape index (κ2) is 7.97. The first-order valence-corrected chi connectivity index (χ1v) is 6.66. The Bertz CT molecular complexity index is 251. The number of halogens is 1. The molecule has 0 aromatic heterocycles. The van der Waals surface area contributed by atoms with Crippen molar-refractivity contribution in [3.05, 3.63) is 0 Å². The average molecular weight is 278 g/mol. The lowest BCUT2D eigenvalue weighted by Crippen LogP contribution is -2.56. The van der Waals surface area contributed by atoms with Crippen LogP contribution >= 0.6 is 12.4 Å². The molecule has 0 bridgehead atoms. The number of hydrogen-bond acceptors (Lipinski definition) is 3. The van der Waals surface area contributed by atoms with Gasteiger partial charge in [-0.2, -0.15) is 0 Å². The Hall–Kier alpha value is -0.320. The lowest BCUT2D eigenvalue weighted by molar-refractivity contribution is -0.123. The highest BCUT2D eigenvalue weighted by molar-refractivity contribution is 5.85. The number of nitrogens with zero attached hydrogens (tertiary/aromatic N) is 1. The van der Waals surface area contributed by atoms with Gasteiger partial charge in [0.05, 0.1) is 6.54 Å². The molecule has 1 rings (SSSR count). The summed E-state index contributed by atoms with van der Waals surface area (Å²) in [6, 6.07) is 1.18. The highest BCUT2D eigenvalue weighted by Crippen LogP contribution is 2.04. The summed E-state index contributed by atoms with van der Waals surface area (Å²) in [4.78, 5) is 14.1. The smallest absolute Gasteiger partial charge is 0.234 e. The largest absolute Gasteiger partial charge is 0.352 e. The van der Waals surface area contributed by atoms with Crippen molar-refractivity contribution in [2.24, 2.45) is 5.92 Å². The van der Waals surface area contributed by atoms with Crippen molar-refractivity contribution < 1.29 is 4.79 Å². The third-order valence-electron chi connectivity index (χ3n) is 3.39. The summed E-state index contributed by atoms with van der Waals surface area (Å²) in [6.45, 7) is 13.1. The Morgan fingerprint density at radius 2 is 1.78 bits per heavy atom. The van der Waals surface area contributed by atoms with Gasteiger partial charge >= 0.3 is 0 Å². The fourth-order valence-corrected chi connectivity index (χ4v) is 2.24. The lowest BCUT2D eigenvalue weighted by Gasteiger charge is -2.35. The van der Waals surface area contributed by atoms with Gasteiger partial charge in [-0.05, 0) is 26.7 Å². The number of piperazine rings is 1. The van der Waals surface area contributed by atoms with E-state index in [1.54, 1.807) is 0 Å². The molecule has 0 aliphatic carbocycles. The van der Waals surface area contributed by atoms with Crippen LogP contribution < -0.4 is 10.6 Å². The molecule has 1 saturated heterocycles. The zero-order valence-electron chi connectivity index (χ0n) is 12.2. The molecule has 1 amide bonds. The molecular weight excluding hydrogens is 250 g/mol. The summed E-state index contributed by atoms with van der Waals surface area (Å²) in [5, 5.41) is 6.52. The Kier molecular flexibility index (Phi) is 7.83. The van der Waals surface area contributed by atoms with E-state index in [0.717, 1.165) is 13.1 Å². The molecular formula is C13H28ClN3O. The molecule has 4 nitrogen and oxygen atoms in total. The second-order valence-corrected chi connectivity index (χ2v) is 5.76. The fourth-order valence-electron chi connectivity index (χ4n) is 2.24. The summed E-state index contributed by atoms with van der Waals surface area (Å²) in [5.74, 6) is 0.632. The Morgan fingerprint density at radius 1 is 1.28 bits per heavy atom. The Morgan fingerprint density at radius 3 is 2.22 bits per heavy atom. The minimum Gasteiger partial charge on any atom is -0.352 e. The normalized spacial score (nSPS) is 26.6. The van der Waals surface area contributed by atoms with Gasteiger partial charge in [0, 0.05) is 31.2 Å². The van der Waals surface area contributed by atoms with Crippen LogP contribution in [0.4, 0.5) is 0 Å². The average Bonchev–Trinajstić information content (AvgIpc) is 2.14. The molecule has 0 aromatic rings. The van der Waals surface area contributed by atoms with E-state index < -0.39 is 0 Å². The van der Waals surface area contributed by atoms with E-state index in [4.69, 9.17) is 0 Å². The molecule has 1 fully saturated rings. The SMILES string of the molecule is CC1CN(CC(=O)NC(C)C(C)C)CC(C)N1.Cl. The van der Waals surface area contributed by atoms with Gasteiger partial charge in [0.1, 0.15) is 0 Å². The van der Waals surface area contributed by atoms with Gasteiger partial charge in [0.15, 0.2) is 0 Å². The van der Waals surface area contributed by atoms with Gasteiger partial charge in [-0.25, -0.2) is 0 Å². The van der Waals surface area contributed by atoms with Crippen LogP contribution in [0.5, 0.6) is 0 Å². The van der Waals surface area contributed by atoms with Crippen LogP contribution in [0, 0.1) is 5.92 Å². The van der Waals surface area contributed by atoms with E-state index in [9.17, 15) is 4.79 Å². The molecule has 0 spiro atoms. The molecule has 2 N–H and O–H groups in total. The Labute approximate surface area is 117 Å². The van der Waals surface area contributed by atoms with Gasteiger partial charge in [-0.15, -0.1) is 12.4 Å². The standard InChI is InChI=1S/C13H27N3O.ClH/c1-9(2)12(5)15-13(17)8-16-6-10(3)14-11(4)7-16;/h9-12,14H,6-8H2,1-5H3,(H,15,17);1H. The van der Waals surface area contributed by atoms with Crippen molar-refractivity contribution in [1.82, 2.24) is 15.5 Å². The van der Waals surface area contributed by atoms with Crippen molar-refractivity contribution in [1.29, 1.82) is 0 Å². The molecule has 3 unspecified atom stereocenters. The number of carbonyl (C=O) groups excluding carboxylic acids is 1. The summed E-state index contributed by atoms with van der Waals surface area (Å²) in [7, 11) is 0. The van der Waals surface area contributed by atoms with Crippen molar-refractivity contribution >= 4 is 18.3 Å². The predicted molar refractivity (Wildman–Crippen MR) is 78.2 cm³/mol. The molecule has 0 aromatic carbocycles. The zero-order chi connectivity index (χ0) is 13.0. The van der Waals surface area contributed by atoms with E-state index >= 15 is 0 Å². The number of amides is 1. The van der Waals surface area contributed by atoms with Gasteiger partial charge in [-0.1, -0.05) is 13.8 Å². The molecule has 5 heteroatoms. The summed E-state index contributed by atoms with van der Waals surface area (Å²) >= 11 is 0. The minimum atomic E-state index is 0. The highest BCUT2D eigenvalue weighted by Gasteiger charge is 2.23. The highest BCUT2D eigenvalue weighted by atomic mass is 35.5. The maximum Gasteiger partial charge on any atom is 0.234 e. The molecule has 1 aliphatic heterocycles. The first kappa shape index (κ1) is 17.7. The number of nitrogens with one attached hydrogen (secondary N) is 2. The van der Waals surface area contributed by atoms with Crippen LogP contribution in [0.15, 0.2) is 0 Å². The van der Waals surface area contributed by atoms with Gasteiger partial charge < -0.3 is 10.6 Å². The van der Waals surface area contributed by atoms with Crippen molar-refractivity contribution in [3.8, 4) is 0 Å². The molecule has 0 saturated carbocycles. The van der Waals surface area contributed by atoms with E-state index in [1.165, 1.54) is 0 Å². The number of rotatable bonds is 4. The number of hydrogen-bond donors (Lipinski definition) is 2. The van der Waals surface area contributed by atoms with Crippen molar-refractivity contribution in [2.45, 2.75) is 52.7 Å². The molecule has 1 aliphatic rings. The third-order valence-corrected chi connectivity index (χ3v) is 3.39. The first-order chi connectivity index (χ1) is 7.88. The predicted octanol–water partition coefficient (Wildman–Crippen LogP) is 1.25. The monoisotopic (exact) mass is 277 g/mol. The summed E-state index contributed by atoms with van der Waals surface area (Å²) in [5.41, 5.74) is 0. The molecule has 1 heterocycles. The van der Waals surface area contributed by atoms with Crippen LogP contribution in [0.2, 0.25) is 0 Å². The molecule has 0 radical (unpaired) electrons. The van der Waals surface area contributed by atoms with Crippen LogP contribution in [-0.4, -0.2) is 48.6 Å². The van der Waals surface area contributed by atoms with E-state index in [0.29, 0.717) is 24.5 Å². The van der Waals surface area contributed by atoms with Gasteiger partial charge in [0.2, 0.25) is 5.91 Å². The minimum absolute atomic E-state index is 0. The maximum atomic E-state index is 11.9. The van der Waals surface area contributed by atoms with E-state index in [-0.39, 0.29) is 24.4 Å². The van der Waals surface area contributed by atoms with Crippen LogP contribution in [0.1, 0.15) is 34.6 Å². The molecule has 18 heavy (non-hydrogen) atoms. The quantitative estimate of drug-likeness (QED) is 0.813. The molecule has 108 valence electrons. The van der Waals surface area contributed by atoms with Crippen LogP contribution in [-0.2, 0) is 4.79 Å². The lowest BCUT2D eigenvalue weighted by atomic mass is 10.1. The topological polar surface area (TPSA) is 44.4 Å². The maximum absolute atomic E-state index is 11.9. The zero-order valence-corrected chi connectivity index (χ0v) is 13.0. The van der Waals surface area contributed by atoms with E-state index in [1.807, 2.05) is 0 Å². The van der Waals surface area contributed by atoms with Crippen LogP contribution in [0.3, 0.4) is 0 Å². The third kappa shape index (κ3) is 6.03. The number of carbonyl (C=O) groups is 1. The van der Waals surface area contributed by atoms with Crippen LogP contribution in [0.25, 0.3) is 0 Å².